The predicted molar refractivity (Wildman–Crippen MR) is 83.5 cm³/mol. The van der Waals surface area contributed by atoms with Gasteiger partial charge in [-0.3, -0.25) is 19.1 Å². The molecule has 2 amide bonds. The van der Waals surface area contributed by atoms with Crippen LogP contribution in [0.25, 0.3) is 0 Å². The summed E-state index contributed by atoms with van der Waals surface area (Å²) in [4.78, 5) is 25.4. The van der Waals surface area contributed by atoms with Gasteiger partial charge in [-0.05, 0) is 26.0 Å². The fourth-order valence-corrected chi connectivity index (χ4v) is 3.64. The highest BCUT2D eigenvalue weighted by atomic mass is 31.2. The van der Waals surface area contributed by atoms with Crippen molar-refractivity contribution in [3.63, 3.8) is 0 Å². The monoisotopic (exact) mass is 341 g/mol. The molecule has 0 aliphatic carbocycles. The van der Waals surface area contributed by atoms with E-state index in [1.807, 2.05) is 0 Å². The summed E-state index contributed by atoms with van der Waals surface area (Å²) in [5.41, 5.74) is 0.790. The average molecular weight is 341 g/mol. The summed E-state index contributed by atoms with van der Waals surface area (Å²) in [6, 6.07) is 6.67. The van der Waals surface area contributed by atoms with Crippen LogP contribution in [0, 0.1) is 0 Å². The lowest BCUT2D eigenvalue weighted by Crippen LogP contribution is -2.33. The van der Waals surface area contributed by atoms with Gasteiger partial charge in [0.05, 0.1) is 37.5 Å². The first kappa shape index (κ1) is 17.8. The minimum absolute atomic E-state index is 0.0651. The van der Waals surface area contributed by atoms with Crippen LogP contribution in [0.2, 0.25) is 0 Å². The second-order valence-corrected chi connectivity index (χ2v) is 6.79. The van der Waals surface area contributed by atoms with Crippen LogP contribution in [-0.2, 0) is 18.3 Å². The van der Waals surface area contributed by atoms with Crippen molar-refractivity contribution >= 4 is 19.4 Å². The minimum atomic E-state index is -3.28. The van der Waals surface area contributed by atoms with Crippen LogP contribution < -0.4 is 0 Å². The third-order valence-corrected chi connectivity index (χ3v) is 5.04. The molecule has 0 atom stereocenters. The molecule has 0 saturated carbocycles. The maximum Gasteiger partial charge on any atom is 0.356 e. The molecule has 0 radical (unpaired) electrons. The number of imide groups is 1. The molecule has 1 aromatic rings. The molecule has 1 aliphatic heterocycles. The van der Waals surface area contributed by atoms with Gasteiger partial charge in [0.15, 0.2) is 0 Å². The number of ether oxygens (including phenoxy) is 1. The lowest BCUT2D eigenvalue weighted by Gasteiger charge is -2.18. The van der Waals surface area contributed by atoms with E-state index in [0.717, 1.165) is 4.90 Å². The summed E-state index contributed by atoms with van der Waals surface area (Å²) in [5.74, 6) is -0.681. The molecule has 1 heterocycles. The maximum atomic E-state index is 12.2. The number of carbonyl (C=O) groups is 2. The third-order valence-electron chi connectivity index (χ3n) is 3.24. The molecule has 2 rings (SSSR count). The van der Waals surface area contributed by atoms with E-state index in [1.165, 1.54) is 0 Å². The number of hydrogen-bond acceptors (Lipinski definition) is 6. The zero-order valence-electron chi connectivity index (χ0n) is 13.2. The molecular formula is C15H20NO6P. The molecule has 1 aromatic carbocycles. The van der Waals surface area contributed by atoms with Crippen LogP contribution >= 0.6 is 7.60 Å². The summed E-state index contributed by atoms with van der Waals surface area (Å²) in [5, 5.41) is 0. The molecule has 0 N–H and O–H groups in total. The largest absolute Gasteiger partial charge is 0.367 e. The second-order valence-electron chi connectivity index (χ2n) is 4.79. The van der Waals surface area contributed by atoms with Crippen LogP contribution in [0.4, 0.5) is 0 Å². The smallest absolute Gasteiger partial charge is 0.356 e. The highest BCUT2D eigenvalue weighted by Crippen LogP contribution is 2.47. The summed E-state index contributed by atoms with van der Waals surface area (Å²) in [6.45, 7) is 4.08. The first-order valence-electron chi connectivity index (χ1n) is 7.43. The first-order valence-corrected chi connectivity index (χ1v) is 9.16. The molecule has 7 nitrogen and oxygen atoms in total. The van der Waals surface area contributed by atoms with Crippen molar-refractivity contribution in [1.29, 1.82) is 0 Å². The van der Waals surface area contributed by atoms with Crippen LogP contribution in [0.3, 0.4) is 0 Å². The van der Waals surface area contributed by atoms with Crippen molar-refractivity contribution in [3.8, 4) is 0 Å². The molecular weight excluding hydrogens is 321 g/mol. The predicted octanol–water partition coefficient (Wildman–Crippen LogP) is 2.52. The molecule has 0 fully saturated rings. The molecule has 23 heavy (non-hydrogen) atoms. The summed E-state index contributed by atoms with van der Waals surface area (Å²) in [6.07, 6.45) is -0.210. The molecule has 0 spiro atoms. The van der Waals surface area contributed by atoms with Gasteiger partial charge < -0.3 is 13.8 Å². The van der Waals surface area contributed by atoms with Crippen molar-refractivity contribution in [3.05, 3.63) is 35.4 Å². The average Bonchev–Trinajstić information content (AvgIpc) is 2.77. The standard InChI is InChI=1S/C15H20NO6P/c1-3-21-23(19,22-4-2)11-20-10-9-16-14(17)12-7-5-6-8-13(12)15(16)18/h5-8H,3-4,9-11H2,1-2H3. The van der Waals surface area contributed by atoms with Crippen LogP contribution in [0.1, 0.15) is 34.6 Å². The topological polar surface area (TPSA) is 82.1 Å². The molecule has 0 aromatic heterocycles. The highest BCUT2D eigenvalue weighted by Gasteiger charge is 2.34. The van der Waals surface area contributed by atoms with E-state index in [9.17, 15) is 14.2 Å². The van der Waals surface area contributed by atoms with Crippen LogP contribution in [-0.4, -0.2) is 49.4 Å². The molecule has 0 unspecified atom stereocenters. The lowest BCUT2D eigenvalue weighted by atomic mass is 10.1. The van der Waals surface area contributed by atoms with Crippen LogP contribution in [0.5, 0.6) is 0 Å². The Bertz CT molecular complexity index is 587. The molecule has 0 bridgehead atoms. The van der Waals surface area contributed by atoms with E-state index >= 15 is 0 Å². The Morgan fingerprint density at radius 1 is 1.00 bits per heavy atom. The van der Waals surface area contributed by atoms with Gasteiger partial charge in [0.1, 0.15) is 6.35 Å². The molecule has 0 saturated heterocycles. The summed E-state index contributed by atoms with van der Waals surface area (Å²) >= 11 is 0. The van der Waals surface area contributed by atoms with Gasteiger partial charge in [0, 0.05) is 0 Å². The Kier molecular flexibility index (Phi) is 6.07. The van der Waals surface area contributed by atoms with Gasteiger partial charge in [-0.25, -0.2) is 0 Å². The van der Waals surface area contributed by atoms with Crippen molar-refractivity contribution in [1.82, 2.24) is 4.90 Å². The second kappa shape index (κ2) is 7.84. The molecule has 126 valence electrons. The Labute approximate surface area is 135 Å². The normalized spacial score (nSPS) is 14.4. The van der Waals surface area contributed by atoms with Crippen molar-refractivity contribution in [2.75, 3.05) is 32.7 Å². The number of nitrogens with zero attached hydrogens (tertiary/aromatic N) is 1. The Morgan fingerprint density at radius 2 is 1.52 bits per heavy atom. The fourth-order valence-electron chi connectivity index (χ4n) is 2.28. The van der Waals surface area contributed by atoms with Crippen molar-refractivity contribution in [2.24, 2.45) is 0 Å². The van der Waals surface area contributed by atoms with E-state index in [4.69, 9.17) is 13.8 Å². The van der Waals surface area contributed by atoms with Gasteiger partial charge in [0.25, 0.3) is 11.8 Å². The van der Waals surface area contributed by atoms with Gasteiger partial charge in [-0.2, -0.15) is 0 Å². The van der Waals surface area contributed by atoms with E-state index in [0.29, 0.717) is 11.1 Å². The zero-order valence-corrected chi connectivity index (χ0v) is 14.1. The number of fused-ring (bicyclic) bond motifs is 1. The van der Waals surface area contributed by atoms with Gasteiger partial charge in [-0.15, -0.1) is 0 Å². The number of benzene rings is 1. The van der Waals surface area contributed by atoms with E-state index in [1.54, 1.807) is 38.1 Å². The number of rotatable bonds is 9. The fraction of sp³-hybridized carbons (Fsp3) is 0.467. The van der Waals surface area contributed by atoms with Gasteiger partial charge >= 0.3 is 7.60 Å². The minimum Gasteiger partial charge on any atom is -0.367 e. The van der Waals surface area contributed by atoms with Crippen LogP contribution in [0.15, 0.2) is 24.3 Å². The SMILES string of the molecule is CCOP(=O)(COCCN1C(=O)c2ccccc2C1=O)OCC. The Balaban J connectivity index is 1.87. The zero-order chi connectivity index (χ0) is 16.9. The van der Waals surface area contributed by atoms with Crippen molar-refractivity contribution < 1.29 is 27.9 Å². The molecule has 1 aliphatic rings. The number of hydrogen-bond donors (Lipinski definition) is 0. The Hall–Kier alpha value is -1.53. The van der Waals surface area contributed by atoms with Gasteiger partial charge in [-0.1, -0.05) is 12.1 Å². The maximum absolute atomic E-state index is 12.2. The number of amides is 2. The lowest BCUT2D eigenvalue weighted by molar-refractivity contribution is 0.0581. The Morgan fingerprint density at radius 3 is 2.00 bits per heavy atom. The van der Waals surface area contributed by atoms with Gasteiger partial charge in [0.2, 0.25) is 0 Å². The third kappa shape index (κ3) is 4.06. The van der Waals surface area contributed by atoms with E-state index < -0.39 is 7.60 Å². The summed E-state index contributed by atoms with van der Waals surface area (Å²) in [7, 11) is -3.28. The van der Waals surface area contributed by atoms with E-state index in [-0.39, 0.29) is 44.5 Å². The molecule has 8 heteroatoms. The highest BCUT2D eigenvalue weighted by molar-refractivity contribution is 7.53. The van der Waals surface area contributed by atoms with Crippen molar-refractivity contribution in [2.45, 2.75) is 13.8 Å². The summed E-state index contributed by atoms with van der Waals surface area (Å²) < 4.78 is 27.7. The van der Waals surface area contributed by atoms with E-state index in [2.05, 4.69) is 0 Å². The first-order chi connectivity index (χ1) is 11.0. The quantitative estimate of drug-likeness (QED) is 0.390. The number of carbonyl (C=O) groups excluding carboxylic acids is 2.